The molecular weight excluding hydrogens is 294 g/mol. The summed E-state index contributed by atoms with van der Waals surface area (Å²) in [4.78, 5) is 30.8. The molecule has 23 heavy (non-hydrogen) atoms. The van der Waals surface area contributed by atoms with Crippen molar-refractivity contribution in [2.45, 2.75) is 58.9 Å². The average Bonchev–Trinajstić information content (AvgIpc) is 2.89. The van der Waals surface area contributed by atoms with Crippen LogP contribution in [-0.4, -0.2) is 25.6 Å². The van der Waals surface area contributed by atoms with Crippen molar-refractivity contribution < 1.29 is 0 Å². The molecule has 7 nitrogen and oxygen atoms in total. The predicted octanol–water partition coefficient (Wildman–Crippen LogP) is 2.22. The van der Waals surface area contributed by atoms with Crippen molar-refractivity contribution in [3.8, 4) is 0 Å². The summed E-state index contributed by atoms with van der Waals surface area (Å²) >= 11 is 0. The van der Waals surface area contributed by atoms with Gasteiger partial charge in [0.15, 0.2) is 11.2 Å². The topological polar surface area (TPSA) is 84.7 Å². The molecule has 0 aliphatic carbocycles. The van der Waals surface area contributed by atoms with Crippen LogP contribution in [0.25, 0.3) is 11.2 Å². The van der Waals surface area contributed by atoms with Crippen LogP contribution in [0.5, 0.6) is 0 Å². The Labute approximate surface area is 135 Å². The van der Waals surface area contributed by atoms with E-state index in [0.29, 0.717) is 23.7 Å². The molecule has 0 amide bonds. The molecule has 0 spiro atoms. The number of H-pyrrole nitrogens is 1. The normalized spacial score (nSPS) is 11.3. The quantitative estimate of drug-likeness (QED) is 0.694. The van der Waals surface area contributed by atoms with E-state index in [2.05, 4.69) is 29.1 Å². The highest BCUT2D eigenvalue weighted by molar-refractivity contribution is 5.74. The molecule has 2 heterocycles. The second kappa shape index (κ2) is 7.99. The van der Waals surface area contributed by atoms with Gasteiger partial charge in [0.25, 0.3) is 5.56 Å². The third kappa shape index (κ3) is 3.83. The number of nitrogens with zero attached hydrogens (tertiary/aromatic N) is 3. The van der Waals surface area contributed by atoms with Gasteiger partial charge in [-0.1, -0.05) is 39.5 Å². The summed E-state index contributed by atoms with van der Waals surface area (Å²) in [6.45, 7) is 5.83. The Morgan fingerprint density at radius 2 is 1.83 bits per heavy atom. The summed E-state index contributed by atoms with van der Waals surface area (Å²) in [7, 11) is 1.63. The molecule has 0 aromatic carbocycles. The molecule has 0 fully saturated rings. The maximum Gasteiger partial charge on any atom is 0.329 e. The van der Waals surface area contributed by atoms with Crippen molar-refractivity contribution >= 4 is 17.1 Å². The molecule has 2 aromatic heterocycles. The van der Waals surface area contributed by atoms with Gasteiger partial charge in [-0.25, -0.2) is 4.79 Å². The molecule has 0 atom stereocenters. The molecule has 2 rings (SSSR count). The summed E-state index contributed by atoms with van der Waals surface area (Å²) in [6.07, 6.45) is 6.66. The number of hydrogen-bond donors (Lipinski definition) is 2. The number of anilines is 1. The van der Waals surface area contributed by atoms with Crippen LogP contribution < -0.4 is 16.6 Å². The number of imidazole rings is 1. The van der Waals surface area contributed by atoms with Gasteiger partial charge < -0.3 is 9.88 Å². The first kappa shape index (κ1) is 17.3. The molecule has 0 radical (unpaired) electrons. The van der Waals surface area contributed by atoms with E-state index in [1.54, 1.807) is 7.05 Å². The van der Waals surface area contributed by atoms with E-state index < -0.39 is 5.69 Å². The molecule has 0 bridgehead atoms. The highest BCUT2D eigenvalue weighted by Gasteiger charge is 2.16. The minimum Gasteiger partial charge on any atom is -0.356 e. The Hall–Kier alpha value is -2.05. The number of fused-ring (bicyclic) bond motifs is 1. The second-order valence-corrected chi connectivity index (χ2v) is 5.92. The van der Waals surface area contributed by atoms with Gasteiger partial charge in [0, 0.05) is 20.1 Å². The Bertz CT molecular complexity index is 756. The summed E-state index contributed by atoms with van der Waals surface area (Å²) < 4.78 is 3.29. The number of aryl methyl sites for hydroxylation is 2. The van der Waals surface area contributed by atoms with Gasteiger partial charge in [0.2, 0.25) is 5.95 Å². The zero-order valence-electron chi connectivity index (χ0n) is 14.3. The number of rotatable bonds is 9. The van der Waals surface area contributed by atoms with Gasteiger partial charge in [-0.2, -0.15) is 4.98 Å². The van der Waals surface area contributed by atoms with Crippen LogP contribution in [0, 0.1) is 0 Å². The van der Waals surface area contributed by atoms with E-state index in [0.717, 1.165) is 25.8 Å². The first-order valence-corrected chi connectivity index (χ1v) is 8.53. The number of aromatic amines is 1. The van der Waals surface area contributed by atoms with Crippen LogP contribution in [0.3, 0.4) is 0 Å². The molecular formula is C16H27N5O2. The first-order valence-electron chi connectivity index (χ1n) is 8.53. The summed E-state index contributed by atoms with van der Waals surface area (Å²) in [5.41, 5.74) is 0.102. The van der Waals surface area contributed by atoms with E-state index in [4.69, 9.17) is 0 Å². The van der Waals surface area contributed by atoms with E-state index in [-0.39, 0.29) is 5.56 Å². The lowest BCUT2D eigenvalue weighted by Crippen LogP contribution is -2.29. The first-order chi connectivity index (χ1) is 11.1. The largest absolute Gasteiger partial charge is 0.356 e. The zero-order chi connectivity index (χ0) is 16.8. The van der Waals surface area contributed by atoms with Gasteiger partial charge in [-0.15, -0.1) is 0 Å². The Balaban J connectivity index is 2.34. The molecule has 0 saturated heterocycles. The summed E-state index contributed by atoms with van der Waals surface area (Å²) in [6, 6.07) is 0. The van der Waals surface area contributed by atoms with Crippen molar-refractivity contribution in [1.29, 1.82) is 0 Å². The van der Waals surface area contributed by atoms with Crippen molar-refractivity contribution in [1.82, 2.24) is 19.1 Å². The monoisotopic (exact) mass is 321 g/mol. The Kier molecular flexibility index (Phi) is 6.01. The fourth-order valence-electron chi connectivity index (χ4n) is 2.66. The third-order valence-electron chi connectivity index (χ3n) is 4.06. The van der Waals surface area contributed by atoms with Crippen LogP contribution >= 0.6 is 0 Å². The molecule has 2 aromatic rings. The molecule has 2 N–H and O–H groups in total. The SMILES string of the molecule is CCCCCCNc1nc2c(c(=O)[nH]c(=O)n2C)n1CCCC. The molecule has 128 valence electrons. The summed E-state index contributed by atoms with van der Waals surface area (Å²) in [5, 5.41) is 3.33. The smallest absolute Gasteiger partial charge is 0.329 e. The van der Waals surface area contributed by atoms with E-state index >= 15 is 0 Å². The lowest BCUT2D eigenvalue weighted by atomic mass is 10.2. The van der Waals surface area contributed by atoms with Crippen LogP contribution in [0.15, 0.2) is 9.59 Å². The zero-order valence-corrected chi connectivity index (χ0v) is 14.3. The van der Waals surface area contributed by atoms with Crippen molar-refractivity contribution in [3.63, 3.8) is 0 Å². The van der Waals surface area contributed by atoms with Gasteiger partial charge in [-0.3, -0.25) is 14.3 Å². The lowest BCUT2D eigenvalue weighted by Gasteiger charge is -2.09. The van der Waals surface area contributed by atoms with Crippen LogP contribution in [0.4, 0.5) is 5.95 Å². The van der Waals surface area contributed by atoms with Crippen molar-refractivity contribution in [2.75, 3.05) is 11.9 Å². The van der Waals surface area contributed by atoms with Crippen molar-refractivity contribution in [2.24, 2.45) is 7.05 Å². The Morgan fingerprint density at radius 1 is 1.09 bits per heavy atom. The second-order valence-electron chi connectivity index (χ2n) is 5.92. The minimum absolute atomic E-state index is 0.370. The van der Waals surface area contributed by atoms with E-state index in [9.17, 15) is 9.59 Å². The lowest BCUT2D eigenvalue weighted by molar-refractivity contribution is 0.641. The van der Waals surface area contributed by atoms with Gasteiger partial charge in [-0.05, 0) is 12.8 Å². The highest BCUT2D eigenvalue weighted by Crippen LogP contribution is 2.16. The average molecular weight is 321 g/mol. The predicted molar refractivity (Wildman–Crippen MR) is 93.1 cm³/mol. The fourth-order valence-corrected chi connectivity index (χ4v) is 2.66. The molecule has 0 unspecified atom stereocenters. The van der Waals surface area contributed by atoms with Crippen LogP contribution in [0.1, 0.15) is 52.4 Å². The standard InChI is InChI=1S/C16H27N5O2/c1-4-6-8-9-10-17-15-18-13-12(21(15)11-7-5-2)14(22)19-16(23)20(13)3/h4-11H2,1-3H3,(H,17,18)(H,19,22,23). The third-order valence-corrected chi connectivity index (χ3v) is 4.06. The molecule has 0 aliphatic rings. The van der Waals surface area contributed by atoms with Crippen LogP contribution in [0.2, 0.25) is 0 Å². The highest BCUT2D eigenvalue weighted by atomic mass is 16.2. The Morgan fingerprint density at radius 3 is 2.52 bits per heavy atom. The summed E-state index contributed by atoms with van der Waals surface area (Å²) in [5.74, 6) is 0.677. The molecule has 7 heteroatoms. The number of unbranched alkanes of at least 4 members (excludes halogenated alkanes) is 4. The number of aromatic nitrogens is 4. The van der Waals surface area contributed by atoms with E-state index in [1.165, 1.54) is 23.8 Å². The van der Waals surface area contributed by atoms with Gasteiger partial charge in [0.05, 0.1) is 0 Å². The molecule has 0 saturated carbocycles. The molecule has 0 aliphatic heterocycles. The van der Waals surface area contributed by atoms with Crippen LogP contribution in [-0.2, 0) is 13.6 Å². The minimum atomic E-state index is -0.433. The maximum atomic E-state index is 12.2. The number of nitrogens with one attached hydrogen (secondary N) is 2. The van der Waals surface area contributed by atoms with Gasteiger partial charge in [0.1, 0.15) is 0 Å². The van der Waals surface area contributed by atoms with Gasteiger partial charge >= 0.3 is 5.69 Å². The van der Waals surface area contributed by atoms with Crippen molar-refractivity contribution in [3.05, 3.63) is 20.8 Å². The van der Waals surface area contributed by atoms with E-state index in [1.807, 2.05) is 4.57 Å². The number of hydrogen-bond acceptors (Lipinski definition) is 4. The maximum absolute atomic E-state index is 12.2. The fraction of sp³-hybridized carbons (Fsp3) is 0.688.